The third-order valence-electron chi connectivity index (χ3n) is 2.36. The number of phenolic OH excluding ortho intramolecular Hbond substituents is 1. The van der Waals surface area contributed by atoms with E-state index in [0.717, 1.165) is 30.4 Å². The number of benzene rings is 1. The van der Waals surface area contributed by atoms with Crippen LogP contribution in [-0.4, -0.2) is 17.4 Å². The van der Waals surface area contributed by atoms with Gasteiger partial charge in [0.25, 0.3) is 0 Å². The van der Waals surface area contributed by atoms with Gasteiger partial charge in [-0.05, 0) is 25.0 Å². The van der Waals surface area contributed by atoms with E-state index in [4.69, 9.17) is 0 Å². The first-order chi connectivity index (χ1) is 6.31. The van der Waals surface area contributed by atoms with Gasteiger partial charge in [-0.1, -0.05) is 6.07 Å². The van der Waals surface area contributed by atoms with Gasteiger partial charge in [0.05, 0.1) is 6.04 Å². The number of anilines is 1. The van der Waals surface area contributed by atoms with Crippen molar-refractivity contribution in [3.8, 4) is 5.75 Å². The average molecular weight is 177 g/mol. The van der Waals surface area contributed by atoms with Gasteiger partial charge in [0.1, 0.15) is 12.0 Å². The van der Waals surface area contributed by atoms with Crippen LogP contribution in [0.4, 0.5) is 5.69 Å². The topological polar surface area (TPSA) is 49.3 Å². The Kier molecular flexibility index (Phi) is 1.93. The SMILES string of the molecule is O=CC1CCc2c(O)cccc2N1. The molecule has 0 aromatic heterocycles. The van der Waals surface area contributed by atoms with Gasteiger partial charge in [0.2, 0.25) is 0 Å². The van der Waals surface area contributed by atoms with Crippen molar-refractivity contribution in [2.45, 2.75) is 18.9 Å². The van der Waals surface area contributed by atoms with Gasteiger partial charge < -0.3 is 15.2 Å². The van der Waals surface area contributed by atoms with Crippen molar-refractivity contribution in [3.63, 3.8) is 0 Å². The number of hydrogen-bond donors (Lipinski definition) is 2. The summed E-state index contributed by atoms with van der Waals surface area (Å²) < 4.78 is 0. The number of fused-ring (bicyclic) bond motifs is 1. The lowest BCUT2D eigenvalue weighted by Crippen LogP contribution is -2.26. The summed E-state index contributed by atoms with van der Waals surface area (Å²) in [5, 5.41) is 12.5. The number of rotatable bonds is 1. The molecule has 0 bridgehead atoms. The van der Waals surface area contributed by atoms with Crippen molar-refractivity contribution in [2.75, 3.05) is 5.32 Å². The minimum atomic E-state index is -0.103. The Hall–Kier alpha value is -1.51. The quantitative estimate of drug-likeness (QED) is 0.636. The summed E-state index contributed by atoms with van der Waals surface area (Å²) in [6.07, 6.45) is 2.43. The number of carbonyl (C=O) groups is 1. The normalized spacial score (nSPS) is 20.2. The molecule has 0 saturated carbocycles. The molecular weight excluding hydrogens is 166 g/mol. The highest BCUT2D eigenvalue weighted by Crippen LogP contribution is 2.30. The van der Waals surface area contributed by atoms with Crippen molar-refractivity contribution in [1.29, 1.82) is 0 Å². The van der Waals surface area contributed by atoms with Crippen LogP contribution in [0.25, 0.3) is 0 Å². The van der Waals surface area contributed by atoms with Crippen LogP contribution in [0.3, 0.4) is 0 Å². The molecule has 0 fully saturated rings. The Morgan fingerprint density at radius 3 is 3.15 bits per heavy atom. The summed E-state index contributed by atoms with van der Waals surface area (Å²) in [4.78, 5) is 10.5. The molecule has 0 radical (unpaired) electrons. The van der Waals surface area contributed by atoms with Gasteiger partial charge in [0, 0.05) is 11.3 Å². The zero-order valence-corrected chi connectivity index (χ0v) is 7.16. The number of aromatic hydroxyl groups is 1. The Labute approximate surface area is 76.4 Å². The number of hydrogen-bond acceptors (Lipinski definition) is 3. The second-order valence-corrected chi connectivity index (χ2v) is 3.23. The lowest BCUT2D eigenvalue weighted by Gasteiger charge is -2.23. The van der Waals surface area contributed by atoms with Gasteiger partial charge >= 0.3 is 0 Å². The minimum absolute atomic E-state index is 0.103. The van der Waals surface area contributed by atoms with E-state index in [1.807, 2.05) is 6.07 Å². The highest BCUT2D eigenvalue weighted by Gasteiger charge is 2.18. The van der Waals surface area contributed by atoms with Gasteiger partial charge in [-0.25, -0.2) is 0 Å². The first-order valence-corrected chi connectivity index (χ1v) is 4.34. The molecule has 0 amide bonds. The van der Waals surface area contributed by atoms with Crippen LogP contribution in [0.15, 0.2) is 18.2 Å². The predicted molar refractivity (Wildman–Crippen MR) is 49.9 cm³/mol. The third-order valence-corrected chi connectivity index (χ3v) is 2.36. The molecule has 0 aliphatic carbocycles. The predicted octanol–water partition coefficient (Wildman–Crippen LogP) is 1.32. The molecule has 1 heterocycles. The van der Waals surface area contributed by atoms with E-state index < -0.39 is 0 Å². The largest absolute Gasteiger partial charge is 0.508 e. The molecule has 68 valence electrons. The number of carbonyl (C=O) groups excluding carboxylic acids is 1. The van der Waals surface area contributed by atoms with Gasteiger partial charge in [0.15, 0.2) is 0 Å². The Morgan fingerprint density at radius 2 is 2.38 bits per heavy atom. The molecule has 0 saturated heterocycles. The van der Waals surface area contributed by atoms with Crippen LogP contribution < -0.4 is 5.32 Å². The fourth-order valence-electron chi connectivity index (χ4n) is 1.65. The van der Waals surface area contributed by atoms with E-state index in [2.05, 4.69) is 5.32 Å². The molecule has 2 N–H and O–H groups in total. The fourth-order valence-corrected chi connectivity index (χ4v) is 1.65. The maximum atomic E-state index is 10.5. The Bertz CT molecular complexity index is 336. The Balaban J connectivity index is 2.36. The number of nitrogens with one attached hydrogen (secondary N) is 1. The summed E-state index contributed by atoms with van der Waals surface area (Å²) in [6, 6.07) is 5.22. The van der Waals surface area contributed by atoms with Crippen molar-refractivity contribution < 1.29 is 9.90 Å². The zero-order chi connectivity index (χ0) is 9.26. The molecule has 3 heteroatoms. The second-order valence-electron chi connectivity index (χ2n) is 3.23. The first kappa shape index (κ1) is 8.10. The van der Waals surface area contributed by atoms with E-state index >= 15 is 0 Å². The monoisotopic (exact) mass is 177 g/mol. The van der Waals surface area contributed by atoms with Crippen LogP contribution in [0, 0.1) is 0 Å². The first-order valence-electron chi connectivity index (χ1n) is 4.34. The summed E-state index contributed by atoms with van der Waals surface area (Å²) in [5.74, 6) is 0.314. The van der Waals surface area contributed by atoms with Gasteiger partial charge in [-0.15, -0.1) is 0 Å². The molecular formula is C10H11NO2. The van der Waals surface area contributed by atoms with Crippen LogP contribution >= 0.6 is 0 Å². The number of aldehydes is 1. The van der Waals surface area contributed by atoms with Crippen molar-refractivity contribution in [1.82, 2.24) is 0 Å². The molecule has 1 aromatic carbocycles. The molecule has 1 aliphatic rings. The smallest absolute Gasteiger partial charge is 0.142 e. The van der Waals surface area contributed by atoms with Crippen LogP contribution in [0.2, 0.25) is 0 Å². The summed E-state index contributed by atoms with van der Waals surface area (Å²) in [7, 11) is 0. The van der Waals surface area contributed by atoms with E-state index in [-0.39, 0.29) is 6.04 Å². The molecule has 1 unspecified atom stereocenters. The summed E-state index contributed by atoms with van der Waals surface area (Å²) in [6.45, 7) is 0. The average Bonchev–Trinajstić information content (AvgIpc) is 2.18. The summed E-state index contributed by atoms with van der Waals surface area (Å²) >= 11 is 0. The highest BCUT2D eigenvalue weighted by molar-refractivity contribution is 5.69. The molecule has 1 aromatic rings. The molecule has 0 spiro atoms. The zero-order valence-electron chi connectivity index (χ0n) is 7.16. The molecule has 2 rings (SSSR count). The summed E-state index contributed by atoms with van der Waals surface area (Å²) in [5.41, 5.74) is 1.80. The molecule has 1 atom stereocenters. The maximum Gasteiger partial charge on any atom is 0.142 e. The lowest BCUT2D eigenvalue weighted by molar-refractivity contribution is -0.108. The highest BCUT2D eigenvalue weighted by atomic mass is 16.3. The van der Waals surface area contributed by atoms with E-state index in [1.54, 1.807) is 12.1 Å². The van der Waals surface area contributed by atoms with Crippen molar-refractivity contribution in [2.24, 2.45) is 0 Å². The van der Waals surface area contributed by atoms with Gasteiger partial charge in [-0.2, -0.15) is 0 Å². The Morgan fingerprint density at radius 1 is 1.54 bits per heavy atom. The maximum absolute atomic E-state index is 10.5. The minimum Gasteiger partial charge on any atom is -0.508 e. The second kappa shape index (κ2) is 3.09. The van der Waals surface area contributed by atoms with Crippen molar-refractivity contribution in [3.05, 3.63) is 23.8 Å². The van der Waals surface area contributed by atoms with Crippen molar-refractivity contribution >= 4 is 12.0 Å². The fraction of sp³-hybridized carbons (Fsp3) is 0.300. The number of phenols is 1. The third kappa shape index (κ3) is 1.37. The molecule has 3 nitrogen and oxygen atoms in total. The lowest BCUT2D eigenvalue weighted by atomic mass is 9.98. The molecule has 13 heavy (non-hydrogen) atoms. The standard InChI is InChI=1S/C10H11NO2/c12-6-7-4-5-8-9(11-7)2-1-3-10(8)13/h1-3,6-7,11,13H,4-5H2. The van der Waals surface area contributed by atoms with Crippen LogP contribution in [0.1, 0.15) is 12.0 Å². The van der Waals surface area contributed by atoms with E-state index in [1.165, 1.54) is 0 Å². The van der Waals surface area contributed by atoms with Crippen LogP contribution in [0.5, 0.6) is 5.75 Å². The van der Waals surface area contributed by atoms with Crippen LogP contribution in [-0.2, 0) is 11.2 Å². The van der Waals surface area contributed by atoms with E-state index in [9.17, 15) is 9.90 Å². The van der Waals surface area contributed by atoms with Gasteiger partial charge in [-0.3, -0.25) is 0 Å². The van der Waals surface area contributed by atoms with E-state index in [0.29, 0.717) is 5.75 Å². The molecule has 1 aliphatic heterocycles.